The first-order valence-corrected chi connectivity index (χ1v) is 27.8. The molecule has 0 saturated heterocycles. The zero-order chi connectivity index (χ0) is 53.8. The fourth-order valence-corrected chi connectivity index (χ4v) is 13.0. The SMILES string of the molecule is c1ccc(-c2ccccc2-c2nc(-n3c4ccccc4c4ccc(-c5ccc6c(c5)c5ccccc5n6-c5ccccc5)cc43)nc(-n3c4ccccc4c4ccc(-c5ccc6c(c5)c5ccccc5n6-c5ccccc5)cc43)n2)cc1. The van der Waals surface area contributed by atoms with Gasteiger partial charge in [-0.15, -0.1) is 0 Å². The van der Waals surface area contributed by atoms with Crippen LogP contribution in [0.4, 0.5) is 0 Å². The maximum atomic E-state index is 5.66. The van der Waals surface area contributed by atoms with Crippen LogP contribution in [0.25, 0.3) is 155 Å². The van der Waals surface area contributed by atoms with Gasteiger partial charge in [0.05, 0.1) is 44.1 Å². The van der Waals surface area contributed by atoms with Crippen molar-refractivity contribution >= 4 is 87.2 Å². The highest BCUT2D eigenvalue weighted by molar-refractivity contribution is 6.14. The lowest BCUT2D eigenvalue weighted by molar-refractivity contribution is 0.893. The van der Waals surface area contributed by atoms with E-state index >= 15 is 0 Å². The molecule has 0 aliphatic heterocycles. The number of hydrogen-bond acceptors (Lipinski definition) is 3. The predicted molar refractivity (Wildman–Crippen MR) is 339 cm³/mol. The van der Waals surface area contributed by atoms with Crippen LogP contribution >= 0.6 is 0 Å². The molecule has 82 heavy (non-hydrogen) atoms. The highest BCUT2D eigenvalue weighted by atomic mass is 15.3. The molecule has 0 bridgehead atoms. The smallest absolute Gasteiger partial charge is 0.240 e. The van der Waals surface area contributed by atoms with Crippen molar-refractivity contribution in [3.63, 3.8) is 0 Å². The van der Waals surface area contributed by atoms with Crippen LogP contribution in [0.2, 0.25) is 0 Å². The van der Waals surface area contributed by atoms with E-state index in [1.807, 2.05) is 0 Å². The van der Waals surface area contributed by atoms with E-state index in [1.165, 1.54) is 32.6 Å². The molecular weight excluding hydrogens is 999 g/mol. The predicted octanol–water partition coefficient (Wildman–Crippen LogP) is 18.9. The van der Waals surface area contributed by atoms with Gasteiger partial charge in [0.1, 0.15) is 0 Å². The normalized spacial score (nSPS) is 11.9. The van der Waals surface area contributed by atoms with Crippen molar-refractivity contribution in [1.29, 1.82) is 0 Å². The van der Waals surface area contributed by atoms with Crippen molar-refractivity contribution < 1.29 is 0 Å². The Morgan fingerprint density at radius 2 is 0.524 bits per heavy atom. The topological polar surface area (TPSA) is 58.4 Å². The second-order valence-corrected chi connectivity index (χ2v) is 21.2. The Morgan fingerprint density at radius 3 is 0.988 bits per heavy atom. The monoisotopic (exact) mass is 1050 g/mol. The number of nitrogens with zero attached hydrogens (tertiary/aromatic N) is 7. The second-order valence-electron chi connectivity index (χ2n) is 21.2. The molecule has 0 fully saturated rings. The van der Waals surface area contributed by atoms with Crippen molar-refractivity contribution in [1.82, 2.24) is 33.2 Å². The quantitative estimate of drug-likeness (QED) is 0.152. The summed E-state index contributed by atoms with van der Waals surface area (Å²) >= 11 is 0. The van der Waals surface area contributed by atoms with Gasteiger partial charge in [-0.05, 0) is 118 Å². The van der Waals surface area contributed by atoms with Crippen molar-refractivity contribution in [2.24, 2.45) is 0 Å². The molecule has 0 unspecified atom stereocenters. The molecule has 0 atom stereocenters. The molecule has 7 nitrogen and oxygen atoms in total. The van der Waals surface area contributed by atoms with Gasteiger partial charge in [-0.25, -0.2) is 0 Å². The van der Waals surface area contributed by atoms with E-state index in [-0.39, 0.29) is 0 Å². The van der Waals surface area contributed by atoms with E-state index in [4.69, 9.17) is 15.0 Å². The van der Waals surface area contributed by atoms with Crippen molar-refractivity contribution in [3.05, 3.63) is 285 Å². The molecule has 17 rings (SSSR count). The summed E-state index contributed by atoms with van der Waals surface area (Å²) in [4.78, 5) is 16.8. The molecule has 0 N–H and O–H groups in total. The van der Waals surface area contributed by atoms with Crippen LogP contribution in [0.3, 0.4) is 0 Å². The average Bonchev–Trinajstić information content (AvgIpc) is 3.56. The molecule has 5 aromatic heterocycles. The summed E-state index contributed by atoms with van der Waals surface area (Å²) in [5.74, 6) is 1.62. The lowest BCUT2D eigenvalue weighted by Crippen LogP contribution is -2.10. The fraction of sp³-hybridized carbons (Fsp3) is 0. The third-order valence-electron chi connectivity index (χ3n) is 16.7. The Kier molecular flexibility index (Phi) is 10.2. The van der Waals surface area contributed by atoms with E-state index in [2.05, 4.69) is 303 Å². The number of hydrogen-bond donors (Lipinski definition) is 0. The molecule has 12 aromatic carbocycles. The number of rotatable bonds is 8. The number of para-hydroxylation sites is 6. The lowest BCUT2D eigenvalue weighted by atomic mass is 9.99. The summed E-state index contributed by atoms with van der Waals surface area (Å²) < 4.78 is 9.22. The Morgan fingerprint density at radius 1 is 0.195 bits per heavy atom. The van der Waals surface area contributed by atoms with Gasteiger partial charge in [0, 0.05) is 60.0 Å². The Labute approximate surface area is 471 Å². The lowest BCUT2D eigenvalue weighted by Gasteiger charge is -2.15. The zero-order valence-corrected chi connectivity index (χ0v) is 44.3. The van der Waals surface area contributed by atoms with Crippen LogP contribution in [0.1, 0.15) is 0 Å². The molecule has 0 saturated carbocycles. The largest absolute Gasteiger partial charge is 0.309 e. The first-order valence-electron chi connectivity index (χ1n) is 27.8. The molecular formula is C75H47N7. The van der Waals surface area contributed by atoms with Crippen LogP contribution < -0.4 is 0 Å². The number of benzene rings is 12. The average molecular weight is 1050 g/mol. The van der Waals surface area contributed by atoms with Gasteiger partial charge < -0.3 is 9.13 Å². The highest BCUT2D eigenvalue weighted by Gasteiger charge is 2.24. The Hall–Kier alpha value is -11.2. The van der Waals surface area contributed by atoms with Gasteiger partial charge in [0.25, 0.3) is 0 Å². The van der Waals surface area contributed by atoms with E-state index in [9.17, 15) is 0 Å². The molecule has 0 aliphatic carbocycles. The van der Waals surface area contributed by atoms with Gasteiger partial charge in [0.15, 0.2) is 5.82 Å². The molecule has 0 spiro atoms. The Bertz CT molecular complexity index is 5100. The summed E-state index contributed by atoms with van der Waals surface area (Å²) in [5, 5.41) is 9.28. The Balaban J connectivity index is 0.894. The summed E-state index contributed by atoms with van der Waals surface area (Å²) in [6.07, 6.45) is 0. The molecule has 0 amide bonds. The third kappa shape index (κ3) is 7.06. The fourth-order valence-electron chi connectivity index (χ4n) is 13.0. The van der Waals surface area contributed by atoms with Gasteiger partial charge in [-0.2, -0.15) is 15.0 Å². The molecule has 7 heteroatoms. The van der Waals surface area contributed by atoms with Gasteiger partial charge >= 0.3 is 0 Å². The standard InChI is InChI=1S/C75H47N7/c1-4-20-48(21-5-1)55-26-10-11-31-62(55)73-76-74(81-67-34-18-12-27-56(67)60-40-36-51(46-71(60)81)49-38-42-69-63(44-49)58-29-14-16-32-65(58)79(69)53-22-6-2-7-23-53)78-75(77-73)82-68-35-19-13-28-57(68)61-41-37-52(47-72(61)82)50-39-43-70-64(45-50)59-30-15-17-33-66(59)80(70)54-24-8-3-9-25-54/h1-47H. The summed E-state index contributed by atoms with van der Waals surface area (Å²) in [6, 6.07) is 102. The van der Waals surface area contributed by atoms with Crippen LogP contribution in [0.15, 0.2) is 285 Å². The van der Waals surface area contributed by atoms with Crippen molar-refractivity contribution in [3.8, 4) is 68.0 Å². The van der Waals surface area contributed by atoms with Crippen molar-refractivity contribution in [2.45, 2.75) is 0 Å². The first-order chi connectivity index (χ1) is 40.7. The number of aromatic nitrogens is 7. The van der Waals surface area contributed by atoms with E-state index < -0.39 is 0 Å². The van der Waals surface area contributed by atoms with Gasteiger partial charge in [-0.1, -0.05) is 200 Å². The molecule has 382 valence electrons. The summed E-state index contributed by atoms with van der Waals surface area (Å²) in [6.45, 7) is 0. The highest BCUT2D eigenvalue weighted by Crippen LogP contribution is 2.42. The number of fused-ring (bicyclic) bond motifs is 12. The minimum Gasteiger partial charge on any atom is -0.309 e. The van der Waals surface area contributed by atoms with E-state index in [0.29, 0.717) is 17.7 Å². The second kappa shape index (κ2) is 18.2. The zero-order valence-electron chi connectivity index (χ0n) is 44.3. The van der Waals surface area contributed by atoms with Crippen LogP contribution in [-0.4, -0.2) is 33.2 Å². The van der Waals surface area contributed by atoms with Crippen LogP contribution in [0, 0.1) is 0 Å². The maximum Gasteiger partial charge on any atom is 0.240 e. The molecule has 0 radical (unpaired) electrons. The first kappa shape index (κ1) is 45.8. The van der Waals surface area contributed by atoms with Gasteiger partial charge in [-0.3, -0.25) is 9.13 Å². The van der Waals surface area contributed by atoms with Crippen LogP contribution in [0.5, 0.6) is 0 Å². The third-order valence-corrected chi connectivity index (χ3v) is 16.7. The maximum absolute atomic E-state index is 5.66. The minimum absolute atomic E-state index is 0.523. The molecule has 17 aromatic rings. The summed E-state index contributed by atoms with van der Waals surface area (Å²) in [5.41, 5.74) is 18.4. The minimum atomic E-state index is 0.523. The molecule has 5 heterocycles. The van der Waals surface area contributed by atoms with Crippen molar-refractivity contribution in [2.75, 3.05) is 0 Å². The van der Waals surface area contributed by atoms with Gasteiger partial charge in [0.2, 0.25) is 11.9 Å². The van der Waals surface area contributed by atoms with E-state index in [1.54, 1.807) is 0 Å². The summed E-state index contributed by atoms with van der Waals surface area (Å²) in [7, 11) is 0. The molecule has 0 aliphatic rings. The van der Waals surface area contributed by atoms with E-state index in [0.717, 1.165) is 105 Å². The van der Waals surface area contributed by atoms with Crippen LogP contribution in [-0.2, 0) is 0 Å².